The third kappa shape index (κ3) is 4.91. The lowest BCUT2D eigenvalue weighted by molar-refractivity contribution is 0.122. The van der Waals surface area contributed by atoms with Gasteiger partial charge in [0.05, 0.1) is 36.9 Å². The number of rotatable bonds is 6. The monoisotopic (exact) mass is 464 g/mol. The number of morpholine rings is 1. The number of benzene rings is 2. The fourth-order valence-corrected chi connectivity index (χ4v) is 4.40. The van der Waals surface area contributed by atoms with Gasteiger partial charge in [-0.25, -0.2) is 17.9 Å². The smallest absolute Gasteiger partial charge is 0.245 e. The van der Waals surface area contributed by atoms with Crippen LogP contribution in [0.15, 0.2) is 66.9 Å². The van der Waals surface area contributed by atoms with Crippen LogP contribution >= 0.6 is 0 Å². The molecule has 4 aromatic rings. The summed E-state index contributed by atoms with van der Waals surface area (Å²) in [5, 5.41) is 7.98. The van der Waals surface area contributed by atoms with Crippen LogP contribution in [0.25, 0.3) is 16.8 Å². The van der Waals surface area contributed by atoms with E-state index < -0.39 is 10.0 Å². The molecule has 0 bridgehead atoms. The van der Waals surface area contributed by atoms with E-state index in [-0.39, 0.29) is 0 Å². The van der Waals surface area contributed by atoms with Crippen molar-refractivity contribution in [1.82, 2.24) is 14.6 Å². The zero-order valence-corrected chi connectivity index (χ0v) is 18.9. The number of fused-ring (bicyclic) bond motifs is 1. The molecule has 1 saturated heterocycles. The van der Waals surface area contributed by atoms with E-state index in [1.54, 1.807) is 18.3 Å². The highest BCUT2D eigenvalue weighted by Gasteiger charge is 2.12. The van der Waals surface area contributed by atoms with E-state index in [9.17, 15) is 8.42 Å². The maximum Gasteiger partial charge on any atom is 0.245 e. The summed E-state index contributed by atoms with van der Waals surface area (Å²) in [5.41, 5.74) is 5.20. The second-order valence-electron chi connectivity index (χ2n) is 7.86. The quantitative estimate of drug-likeness (QED) is 0.451. The minimum atomic E-state index is -3.32. The van der Waals surface area contributed by atoms with Crippen molar-refractivity contribution < 1.29 is 13.2 Å². The van der Waals surface area contributed by atoms with Crippen molar-refractivity contribution in [3.8, 4) is 11.3 Å². The predicted octanol–water partition coefficient (Wildman–Crippen LogP) is 3.35. The van der Waals surface area contributed by atoms with Crippen LogP contribution in [0.1, 0.15) is 0 Å². The summed E-state index contributed by atoms with van der Waals surface area (Å²) < 4.78 is 32.6. The van der Waals surface area contributed by atoms with Gasteiger partial charge in [-0.2, -0.15) is 0 Å². The second-order valence-corrected chi connectivity index (χ2v) is 9.61. The van der Waals surface area contributed by atoms with Crippen LogP contribution in [-0.2, 0) is 14.8 Å². The molecule has 0 saturated carbocycles. The van der Waals surface area contributed by atoms with E-state index >= 15 is 0 Å². The number of anilines is 4. The summed E-state index contributed by atoms with van der Waals surface area (Å²) in [4.78, 5) is 6.75. The fourth-order valence-electron chi connectivity index (χ4n) is 3.83. The summed E-state index contributed by atoms with van der Waals surface area (Å²) in [7, 11) is -3.32. The Balaban J connectivity index is 1.40. The summed E-state index contributed by atoms with van der Waals surface area (Å²) in [6, 6.07) is 19.3. The standard InChI is InChI=1S/C23H24N6O3S/c1-33(30,31)27-18-7-5-17(6-8-18)22-10-9-21-16-24-23(26-29(21)22)25-19-3-2-4-20(15-19)28-11-13-32-14-12-28/h2-10,15-16,27H,11-14H2,1H3,(H,25,26). The van der Waals surface area contributed by atoms with E-state index in [0.29, 0.717) is 11.6 Å². The van der Waals surface area contributed by atoms with Crippen LogP contribution in [0.4, 0.5) is 23.0 Å². The van der Waals surface area contributed by atoms with E-state index in [1.165, 1.54) is 0 Å². The van der Waals surface area contributed by atoms with Crippen LogP contribution in [0, 0.1) is 0 Å². The van der Waals surface area contributed by atoms with Gasteiger partial charge in [0, 0.05) is 35.7 Å². The lowest BCUT2D eigenvalue weighted by Gasteiger charge is -2.29. The molecule has 0 unspecified atom stereocenters. The molecule has 0 radical (unpaired) electrons. The van der Waals surface area contributed by atoms with E-state index in [0.717, 1.165) is 60.7 Å². The first-order valence-electron chi connectivity index (χ1n) is 10.6. The predicted molar refractivity (Wildman–Crippen MR) is 130 cm³/mol. The fraction of sp³-hybridized carbons (Fsp3) is 0.217. The van der Waals surface area contributed by atoms with Crippen LogP contribution in [0.3, 0.4) is 0 Å². The minimum Gasteiger partial charge on any atom is -0.378 e. The zero-order valence-electron chi connectivity index (χ0n) is 18.1. The Morgan fingerprint density at radius 3 is 2.52 bits per heavy atom. The van der Waals surface area contributed by atoms with Gasteiger partial charge < -0.3 is 15.0 Å². The van der Waals surface area contributed by atoms with Crippen molar-refractivity contribution in [3.63, 3.8) is 0 Å². The van der Waals surface area contributed by atoms with Crippen LogP contribution in [-0.4, -0.2) is 55.6 Å². The van der Waals surface area contributed by atoms with Crippen molar-refractivity contribution in [2.24, 2.45) is 0 Å². The first kappa shape index (κ1) is 21.2. The molecule has 5 rings (SSSR count). The molecule has 33 heavy (non-hydrogen) atoms. The number of hydrogen-bond donors (Lipinski definition) is 2. The molecular formula is C23H24N6O3S. The summed E-state index contributed by atoms with van der Waals surface area (Å²) >= 11 is 0. The Morgan fingerprint density at radius 1 is 0.970 bits per heavy atom. The van der Waals surface area contributed by atoms with Crippen LogP contribution in [0.5, 0.6) is 0 Å². The van der Waals surface area contributed by atoms with Gasteiger partial charge in [-0.15, -0.1) is 5.10 Å². The van der Waals surface area contributed by atoms with Gasteiger partial charge in [0.1, 0.15) is 0 Å². The van der Waals surface area contributed by atoms with Gasteiger partial charge in [-0.3, -0.25) is 4.72 Å². The first-order valence-corrected chi connectivity index (χ1v) is 12.5. The Bertz CT molecular complexity index is 1380. The number of sulfonamides is 1. The van der Waals surface area contributed by atoms with Gasteiger partial charge in [-0.05, 0) is 42.5 Å². The SMILES string of the molecule is CS(=O)(=O)Nc1ccc(-c2ccc3cnc(Nc4cccc(N5CCOCC5)c4)nn23)cc1. The first-order chi connectivity index (χ1) is 15.9. The minimum absolute atomic E-state index is 0.481. The number of aromatic nitrogens is 3. The zero-order chi connectivity index (χ0) is 22.8. The van der Waals surface area contributed by atoms with Gasteiger partial charge in [0.15, 0.2) is 0 Å². The molecule has 1 aliphatic rings. The van der Waals surface area contributed by atoms with Crippen molar-refractivity contribution in [1.29, 1.82) is 0 Å². The average Bonchev–Trinajstić information content (AvgIpc) is 3.23. The number of ether oxygens (including phenoxy) is 1. The highest BCUT2D eigenvalue weighted by molar-refractivity contribution is 7.92. The van der Waals surface area contributed by atoms with Crippen LogP contribution in [0.2, 0.25) is 0 Å². The molecule has 170 valence electrons. The molecule has 1 aliphatic heterocycles. The molecule has 0 spiro atoms. The summed E-state index contributed by atoms with van der Waals surface area (Å²) in [6.07, 6.45) is 2.90. The largest absolute Gasteiger partial charge is 0.378 e. The highest BCUT2D eigenvalue weighted by Crippen LogP contribution is 2.26. The summed E-state index contributed by atoms with van der Waals surface area (Å²) in [6.45, 7) is 3.21. The molecule has 9 nitrogen and oxygen atoms in total. The molecule has 2 aromatic heterocycles. The lowest BCUT2D eigenvalue weighted by atomic mass is 10.1. The molecule has 0 atom stereocenters. The van der Waals surface area contributed by atoms with Gasteiger partial charge in [0.2, 0.25) is 16.0 Å². The average molecular weight is 465 g/mol. The Hall–Kier alpha value is -3.63. The highest BCUT2D eigenvalue weighted by atomic mass is 32.2. The van der Waals surface area contributed by atoms with E-state index in [4.69, 9.17) is 4.74 Å². The van der Waals surface area contributed by atoms with E-state index in [1.807, 2.05) is 40.9 Å². The van der Waals surface area contributed by atoms with Gasteiger partial charge >= 0.3 is 0 Å². The molecule has 2 aromatic carbocycles. The van der Waals surface area contributed by atoms with Gasteiger partial charge in [-0.1, -0.05) is 18.2 Å². The normalized spacial score (nSPS) is 14.4. The molecule has 3 heterocycles. The Morgan fingerprint density at radius 2 is 1.76 bits per heavy atom. The van der Waals surface area contributed by atoms with Crippen LogP contribution < -0.4 is 14.9 Å². The summed E-state index contributed by atoms with van der Waals surface area (Å²) in [5.74, 6) is 0.481. The van der Waals surface area contributed by atoms with Crippen molar-refractivity contribution in [2.75, 3.05) is 47.5 Å². The third-order valence-electron chi connectivity index (χ3n) is 5.36. The second kappa shape index (κ2) is 8.72. The van der Waals surface area contributed by atoms with E-state index in [2.05, 4.69) is 37.2 Å². The topological polar surface area (TPSA) is 101 Å². The Labute approximate surface area is 192 Å². The number of nitrogens with one attached hydrogen (secondary N) is 2. The molecule has 2 N–H and O–H groups in total. The van der Waals surface area contributed by atoms with Crippen molar-refractivity contribution in [2.45, 2.75) is 0 Å². The molecular weight excluding hydrogens is 440 g/mol. The maximum atomic E-state index is 11.4. The molecule has 0 aliphatic carbocycles. The lowest BCUT2D eigenvalue weighted by Crippen LogP contribution is -2.36. The maximum absolute atomic E-state index is 11.4. The van der Waals surface area contributed by atoms with Gasteiger partial charge in [0.25, 0.3) is 0 Å². The number of hydrogen-bond acceptors (Lipinski definition) is 7. The molecule has 1 fully saturated rings. The molecule has 0 amide bonds. The third-order valence-corrected chi connectivity index (χ3v) is 5.97. The Kier molecular flexibility index (Phi) is 5.61. The van der Waals surface area contributed by atoms with Crippen molar-refractivity contribution in [3.05, 3.63) is 66.9 Å². The van der Waals surface area contributed by atoms with Crippen molar-refractivity contribution >= 4 is 38.6 Å². The number of nitrogens with zero attached hydrogens (tertiary/aromatic N) is 4. The molecule has 10 heteroatoms.